The topological polar surface area (TPSA) is 30.9 Å². The van der Waals surface area contributed by atoms with Gasteiger partial charge in [0.05, 0.1) is 21.3 Å². The fourth-order valence-electron chi connectivity index (χ4n) is 3.45. The first-order valence-corrected chi connectivity index (χ1v) is 9.87. The van der Waals surface area contributed by atoms with E-state index in [9.17, 15) is 0 Å². The van der Waals surface area contributed by atoms with E-state index in [1.165, 1.54) is 11.1 Å². The molecule has 0 atom stereocenters. The van der Waals surface area contributed by atoms with Gasteiger partial charge < -0.3 is 19.1 Å². The van der Waals surface area contributed by atoms with Crippen LogP contribution in [0.15, 0.2) is 72.8 Å². The Kier molecular flexibility index (Phi) is 7.15. The van der Waals surface area contributed by atoms with Gasteiger partial charge in [-0.25, -0.2) is 0 Å². The van der Waals surface area contributed by atoms with Crippen molar-refractivity contribution in [2.45, 2.75) is 0 Å². The summed E-state index contributed by atoms with van der Waals surface area (Å²) in [6.07, 6.45) is 0. The predicted molar refractivity (Wildman–Crippen MR) is 123 cm³/mol. The number of methoxy groups -OCH3 is 3. The van der Waals surface area contributed by atoms with Crippen LogP contribution < -0.4 is 14.2 Å². The molecule has 156 valence electrons. The summed E-state index contributed by atoms with van der Waals surface area (Å²) < 4.78 is 16.1. The lowest BCUT2D eigenvalue weighted by molar-refractivity contribution is 0.414. The second kappa shape index (κ2) is 9.99. The van der Waals surface area contributed by atoms with Crippen molar-refractivity contribution >= 4 is 11.1 Å². The Morgan fingerprint density at radius 1 is 0.567 bits per heavy atom. The van der Waals surface area contributed by atoms with E-state index in [2.05, 4.69) is 55.4 Å². The van der Waals surface area contributed by atoms with E-state index < -0.39 is 0 Å². The van der Waals surface area contributed by atoms with Crippen LogP contribution >= 0.6 is 0 Å². The quantitative estimate of drug-likeness (QED) is 0.482. The Labute approximate surface area is 179 Å². The molecule has 4 nitrogen and oxygen atoms in total. The van der Waals surface area contributed by atoms with Gasteiger partial charge in [0, 0.05) is 6.54 Å². The summed E-state index contributed by atoms with van der Waals surface area (Å²) in [5, 5.41) is 0. The minimum atomic E-state index is 0.791. The van der Waals surface area contributed by atoms with E-state index in [-0.39, 0.29) is 0 Å². The number of ether oxygens (including phenoxy) is 3. The normalized spacial score (nSPS) is 10.6. The van der Waals surface area contributed by atoms with Crippen LogP contribution in [0.3, 0.4) is 0 Å². The second-order valence-electron chi connectivity index (χ2n) is 7.28. The molecule has 4 heteroatoms. The highest BCUT2D eigenvalue weighted by Gasteiger charge is 2.16. The van der Waals surface area contributed by atoms with Crippen molar-refractivity contribution < 1.29 is 14.2 Å². The van der Waals surface area contributed by atoms with Gasteiger partial charge in [0.15, 0.2) is 0 Å². The fraction of sp³-hybridized carbons (Fsp3) is 0.231. The highest BCUT2D eigenvalue weighted by atomic mass is 16.5. The average Bonchev–Trinajstić information content (AvgIpc) is 2.79. The van der Waals surface area contributed by atoms with Crippen molar-refractivity contribution in [3.8, 4) is 17.2 Å². The van der Waals surface area contributed by atoms with Crippen molar-refractivity contribution in [2.75, 3.05) is 42.0 Å². The van der Waals surface area contributed by atoms with Gasteiger partial charge in [-0.2, -0.15) is 0 Å². The van der Waals surface area contributed by atoms with E-state index in [4.69, 9.17) is 14.2 Å². The van der Waals surface area contributed by atoms with Crippen LogP contribution in [-0.4, -0.2) is 46.9 Å². The number of rotatable bonds is 8. The molecule has 0 saturated carbocycles. The van der Waals surface area contributed by atoms with Gasteiger partial charge in [-0.05, 0) is 78.3 Å². The zero-order valence-electron chi connectivity index (χ0n) is 18.3. The highest BCUT2D eigenvalue weighted by molar-refractivity contribution is 5.99. The summed E-state index contributed by atoms with van der Waals surface area (Å²) >= 11 is 0. The molecule has 0 spiro atoms. The Morgan fingerprint density at radius 3 is 1.20 bits per heavy atom. The third-order valence-corrected chi connectivity index (χ3v) is 4.97. The Morgan fingerprint density at radius 2 is 0.900 bits per heavy atom. The SMILES string of the molecule is COc1ccc(C(CN(C)C)=C(c2ccc(OC)cc2)c2ccc(OC)cc2)cc1. The Balaban J connectivity index is 2.24. The number of hydrogen-bond acceptors (Lipinski definition) is 4. The highest BCUT2D eigenvalue weighted by Crippen LogP contribution is 2.35. The molecule has 0 aliphatic carbocycles. The molecular weight excluding hydrogens is 374 g/mol. The molecule has 0 N–H and O–H groups in total. The predicted octanol–water partition coefficient (Wildman–Crippen LogP) is 5.23. The van der Waals surface area contributed by atoms with E-state index in [1.54, 1.807) is 21.3 Å². The minimum Gasteiger partial charge on any atom is -0.497 e. The lowest BCUT2D eigenvalue weighted by Crippen LogP contribution is -2.16. The zero-order chi connectivity index (χ0) is 21.5. The smallest absolute Gasteiger partial charge is 0.118 e. The van der Waals surface area contributed by atoms with Crippen LogP contribution in [-0.2, 0) is 0 Å². The van der Waals surface area contributed by atoms with Crippen molar-refractivity contribution in [1.29, 1.82) is 0 Å². The number of likely N-dealkylation sites (N-methyl/N-ethyl adjacent to an activating group) is 1. The third kappa shape index (κ3) is 5.02. The number of nitrogens with zero attached hydrogens (tertiary/aromatic N) is 1. The van der Waals surface area contributed by atoms with Gasteiger partial charge in [0.1, 0.15) is 17.2 Å². The van der Waals surface area contributed by atoms with E-state index in [0.717, 1.165) is 40.5 Å². The van der Waals surface area contributed by atoms with Crippen molar-refractivity contribution in [3.05, 3.63) is 89.5 Å². The summed E-state index contributed by atoms with van der Waals surface area (Å²) in [4.78, 5) is 2.19. The fourth-order valence-corrected chi connectivity index (χ4v) is 3.45. The summed E-state index contributed by atoms with van der Waals surface area (Å²) in [6, 6.07) is 24.7. The first-order chi connectivity index (χ1) is 14.5. The van der Waals surface area contributed by atoms with Crippen LogP contribution in [0, 0.1) is 0 Å². The van der Waals surface area contributed by atoms with Gasteiger partial charge >= 0.3 is 0 Å². The lowest BCUT2D eigenvalue weighted by atomic mass is 9.89. The minimum absolute atomic E-state index is 0.791. The molecule has 0 amide bonds. The molecule has 0 aliphatic rings. The van der Waals surface area contributed by atoms with Gasteiger partial charge in [0.25, 0.3) is 0 Å². The molecule has 3 aromatic carbocycles. The third-order valence-electron chi connectivity index (χ3n) is 4.97. The molecule has 0 heterocycles. The van der Waals surface area contributed by atoms with E-state index in [1.807, 2.05) is 36.4 Å². The van der Waals surface area contributed by atoms with E-state index in [0.29, 0.717) is 0 Å². The Bertz CT molecular complexity index is 923. The maximum atomic E-state index is 5.37. The molecule has 3 rings (SSSR count). The molecule has 0 aliphatic heterocycles. The second-order valence-corrected chi connectivity index (χ2v) is 7.28. The molecule has 0 saturated heterocycles. The van der Waals surface area contributed by atoms with Crippen LogP contribution in [0.4, 0.5) is 0 Å². The molecule has 0 unspecified atom stereocenters. The summed E-state index contributed by atoms with van der Waals surface area (Å²) in [5.74, 6) is 2.52. The standard InChI is InChI=1S/C26H29NO3/c1-27(2)18-25(19-6-12-22(28-3)13-7-19)26(20-8-14-23(29-4)15-9-20)21-10-16-24(30-5)17-11-21/h6-17H,18H2,1-5H3. The summed E-state index contributed by atoms with van der Waals surface area (Å²) in [5.41, 5.74) is 5.84. The van der Waals surface area contributed by atoms with Crippen molar-refractivity contribution in [3.63, 3.8) is 0 Å². The van der Waals surface area contributed by atoms with Crippen LogP contribution in [0.5, 0.6) is 17.2 Å². The summed E-state index contributed by atoms with van der Waals surface area (Å²) in [6.45, 7) is 0.791. The summed E-state index contributed by atoms with van der Waals surface area (Å²) in [7, 11) is 9.23. The Hall–Kier alpha value is -3.24. The lowest BCUT2D eigenvalue weighted by Gasteiger charge is -2.21. The maximum Gasteiger partial charge on any atom is 0.118 e. The monoisotopic (exact) mass is 403 g/mol. The molecule has 0 radical (unpaired) electrons. The maximum absolute atomic E-state index is 5.37. The molecule has 0 aromatic heterocycles. The first kappa shape index (κ1) is 21.5. The van der Waals surface area contributed by atoms with Gasteiger partial charge in [-0.1, -0.05) is 36.4 Å². The number of hydrogen-bond donors (Lipinski definition) is 0. The average molecular weight is 404 g/mol. The number of benzene rings is 3. The van der Waals surface area contributed by atoms with Crippen LogP contribution in [0.1, 0.15) is 16.7 Å². The molecule has 0 bridgehead atoms. The van der Waals surface area contributed by atoms with Crippen LogP contribution in [0.2, 0.25) is 0 Å². The zero-order valence-corrected chi connectivity index (χ0v) is 18.3. The van der Waals surface area contributed by atoms with Crippen LogP contribution in [0.25, 0.3) is 11.1 Å². The van der Waals surface area contributed by atoms with Gasteiger partial charge in [-0.15, -0.1) is 0 Å². The largest absolute Gasteiger partial charge is 0.497 e. The van der Waals surface area contributed by atoms with Crippen molar-refractivity contribution in [1.82, 2.24) is 4.90 Å². The molecule has 3 aromatic rings. The molecule has 0 fully saturated rings. The van der Waals surface area contributed by atoms with Gasteiger partial charge in [-0.3, -0.25) is 0 Å². The molecule has 30 heavy (non-hydrogen) atoms. The van der Waals surface area contributed by atoms with E-state index >= 15 is 0 Å². The van der Waals surface area contributed by atoms with Gasteiger partial charge in [0.2, 0.25) is 0 Å². The first-order valence-electron chi connectivity index (χ1n) is 9.87. The van der Waals surface area contributed by atoms with Crippen molar-refractivity contribution in [2.24, 2.45) is 0 Å². The molecular formula is C26H29NO3.